The molecule has 0 aliphatic carbocycles. The SMILES string of the molecule is C.C.C.CC.CCC.CCCCC(CCCC)C(CC(C)(C)C)C(CCCC)CCCC. The number of rotatable bonds is 15. The Hall–Kier alpha value is 0. The van der Waals surface area contributed by atoms with Gasteiger partial charge in [-0.1, -0.05) is 182 Å². The minimum absolute atomic E-state index is 0. The average molecular weight is 461 g/mol. The zero-order valence-electron chi connectivity index (χ0n) is 23.1. The van der Waals surface area contributed by atoms with Crippen LogP contribution in [0.25, 0.3) is 0 Å². The van der Waals surface area contributed by atoms with Gasteiger partial charge in [-0.2, -0.15) is 0 Å². The van der Waals surface area contributed by atoms with E-state index in [1.165, 1.54) is 89.9 Å². The largest absolute Gasteiger partial charge is 0.0776 e. The maximum atomic E-state index is 2.47. The standard InChI is InChI=1S/C24H50.C3H8.C2H6.3CH4/c1-8-12-16-21(17-13-9-2)23(20-24(5,6)7)22(18-14-10-3)19-15-11-4;1-3-2;1-2;;;/h21-23H,8-20H2,1-7H3;3H2,1-2H3;1-2H3;3*1H4. The first-order valence-corrected chi connectivity index (χ1v) is 13.8. The van der Waals surface area contributed by atoms with Gasteiger partial charge in [-0.05, 0) is 29.6 Å². The first-order chi connectivity index (χ1) is 13.8. The molecule has 0 aliphatic heterocycles. The zero-order chi connectivity index (χ0) is 23.1. The molecule has 0 radical (unpaired) electrons. The lowest BCUT2D eigenvalue weighted by Crippen LogP contribution is -2.29. The van der Waals surface area contributed by atoms with Crippen molar-refractivity contribution in [2.24, 2.45) is 23.2 Å². The molecule has 0 saturated carbocycles. The van der Waals surface area contributed by atoms with Gasteiger partial charge in [-0.3, -0.25) is 0 Å². The second-order valence-corrected chi connectivity index (χ2v) is 10.2. The summed E-state index contributed by atoms with van der Waals surface area (Å²) >= 11 is 0. The predicted octanol–water partition coefficient (Wildman–Crippen LogP) is 13.4. The Morgan fingerprint density at radius 1 is 0.500 bits per heavy atom. The summed E-state index contributed by atoms with van der Waals surface area (Å²) < 4.78 is 0. The molecule has 0 N–H and O–H groups in total. The highest BCUT2D eigenvalue weighted by molar-refractivity contribution is 4.82. The number of hydrogen-bond donors (Lipinski definition) is 0. The van der Waals surface area contributed by atoms with E-state index in [9.17, 15) is 0 Å². The fourth-order valence-electron chi connectivity index (χ4n) is 4.44. The van der Waals surface area contributed by atoms with Crippen molar-refractivity contribution in [1.82, 2.24) is 0 Å². The van der Waals surface area contributed by atoms with Crippen LogP contribution < -0.4 is 0 Å². The summed E-state index contributed by atoms with van der Waals surface area (Å²) in [5.41, 5.74) is 0.470. The Balaban J connectivity index is -0.000000194. The molecule has 204 valence electrons. The van der Waals surface area contributed by atoms with E-state index < -0.39 is 0 Å². The highest BCUT2D eigenvalue weighted by atomic mass is 14.4. The van der Waals surface area contributed by atoms with Crippen LogP contribution in [0.2, 0.25) is 0 Å². The summed E-state index contributed by atoms with van der Waals surface area (Å²) in [6.45, 7) is 25.1. The smallest absolute Gasteiger partial charge is 0.0352 e. The van der Waals surface area contributed by atoms with Gasteiger partial charge in [0.1, 0.15) is 0 Å². The summed E-state index contributed by atoms with van der Waals surface area (Å²) in [6, 6.07) is 0. The van der Waals surface area contributed by atoms with E-state index in [1.54, 1.807) is 0 Å². The monoisotopic (exact) mass is 461 g/mol. The van der Waals surface area contributed by atoms with Crippen molar-refractivity contribution in [2.45, 2.75) is 188 Å². The lowest BCUT2D eigenvalue weighted by Gasteiger charge is -2.38. The summed E-state index contributed by atoms with van der Waals surface area (Å²) in [7, 11) is 0. The molecule has 0 nitrogen and oxygen atoms in total. The Labute approximate surface area is 211 Å². The van der Waals surface area contributed by atoms with Crippen molar-refractivity contribution in [3.05, 3.63) is 0 Å². The van der Waals surface area contributed by atoms with Crippen LogP contribution in [0, 0.1) is 23.2 Å². The molecule has 0 rings (SSSR count). The van der Waals surface area contributed by atoms with Gasteiger partial charge in [0.05, 0.1) is 0 Å². The second-order valence-electron chi connectivity index (χ2n) is 10.2. The van der Waals surface area contributed by atoms with E-state index in [2.05, 4.69) is 62.3 Å². The normalized spacial score (nSPS) is 10.3. The number of hydrogen-bond acceptors (Lipinski definition) is 0. The van der Waals surface area contributed by atoms with Gasteiger partial charge in [0, 0.05) is 0 Å². The Kier molecular flexibility index (Phi) is 47.2. The fourth-order valence-corrected chi connectivity index (χ4v) is 4.44. The molecular weight excluding hydrogens is 384 g/mol. The summed E-state index contributed by atoms with van der Waals surface area (Å²) in [5.74, 6) is 2.91. The van der Waals surface area contributed by atoms with E-state index >= 15 is 0 Å². The van der Waals surface area contributed by atoms with Crippen molar-refractivity contribution in [3.63, 3.8) is 0 Å². The molecule has 0 heteroatoms. The maximum absolute atomic E-state index is 2.47. The molecule has 0 atom stereocenters. The van der Waals surface area contributed by atoms with Gasteiger partial charge in [0.2, 0.25) is 0 Å². The molecule has 0 saturated heterocycles. The molecule has 0 heterocycles. The zero-order valence-corrected chi connectivity index (χ0v) is 23.1. The van der Waals surface area contributed by atoms with Gasteiger partial charge in [-0.25, -0.2) is 0 Å². The number of unbranched alkanes of at least 4 members (excludes halogenated alkanes) is 4. The quantitative estimate of drug-likeness (QED) is 0.228. The summed E-state index contributed by atoms with van der Waals surface area (Å²) in [5, 5.41) is 0. The molecule has 0 aromatic carbocycles. The molecule has 32 heavy (non-hydrogen) atoms. The average Bonchev–Trinajstić information content (AvgIpc) is 2.68. The van der Waals surface area contributed by atoms with Gasteiger partial charge >= 0.3 is 0 Å². The molecule has 0 spiro atoms. The van der Waals surface area contributed by atoms with E-state index in [4.69, 9.17) is 0 Å². The third-order valence-electron chi connectivity index (χ3n) is 5.77. The van der Waals surface area contributed by atoms with Crippen molar-refractivity contribution in [1.29, 1.82) is 0 Å². The molecule has 0 amide bonds. The first-order valence-electron chi connectivity index (χ1n) is 13.8. The predicted molar refractivity (Wildman–Crippen MR) is 160 cm³/mol. The molecule has 0 bridgehead atoms. The van der Waals surface area contributed by atoms with E-state index in [1.807, 2.05) is 13.8 Å². The van der Waals surface area contributed by atoms with Crippen LogP contribution in [0.5, 0.6) is 0 Å². The lowest BCUT2D eigenvalue weighted by molar-refractivity contribution is 0.120. The van der Waals surface area contributed by atoms with Crippen LogP contribution >= 0.6 is 0 Å². The first kappa shape index (κ1) is 45.5. The van der Waals surface area contributed by atoms with Crippen LogP contribution in [0.15, 0.2) is 0 Å². The van der Waals surface area contributed by atoms with Crippen LogP contribution in [0.3, 0.4) is 0 Å². The van der Waals surface area contributed by atoms with Crippen molar-refractivity contribution < 1.29 is 0 Å². The summed E-state index contributed by atoms with van der Waals surface area (Å²) in [6.07, 6.45) is 19.8. The molecule has 0 aliphatic rings. The minimum atomic E-state index is 0. The van der Waals surface area contributed by atoms with Gasteiger partial charge in [0.25, 0.3) is 0 Å². The van der Waals surface area contributed by atoms with Crippen molar-refractivity contribution in [2.75, 3.05) is 0 Å². The van der Waals surface area contributed by atoms with Crippen molar-refractivity contribution in [3.8, 4) is 0 Å². The molecule has 0 fully saturated rings. The molecule has 0 aromatic rings. The van der Waals surface area contributed by atoms with E-state index in [0.29, 0.717) is 5.41 Å². The minimum Gasteiger partial charge on any atom is -0.0776 e. The van der Waals surface area contributed by atoms with Crippen LogP contribution in [0.4, 0.5) is 0 Å². The second kappa shape index (κ2) is 33.2. The Bertz CT molecular complexity index is 236. The van der Waals surface area contributed by atoms with Crippen LogP contribution in [0.1, 0.15) is 188 Å². The van der Waals surface area contributed by atoms with E-state index in [-0.39, 0.29) is 22.3 Å². The lowest BCUT2D eigenvalue weighted by atomic mass is 9.67. The van der Waals surface area contributed by atoms with Crippen molar-refractivity contribution >= 4 is 0 Å². The third kappa shape index (κ3) is 30.0. The highest BCUT2D eigenvalue weighted by Gasteiger charge is 2.31. The highest BCUT2D eigenvalue weighted by Crippen LogP contribution is 2.42. The molecule has 0 aromatic heterocycles. The van der Waals surface area contributed by atoms with Gasteiger partial charge in [-0.15, -0.1) is 0 Å². The van der Waals surface area contributed by atoms with Gasteiger partial charge < -0.3 is 0 Å². The van der Waals surface area contributed by atoms with Crippen LogP contribution in [-0.2, 0) is 0 Å². The molecular formula is C32H76. The summed E-state index contributed by atoms with van der Waals surface area (Å²) in [4.78, 5) is 0. The van der Waals surface area contributed by atoms with Gasteiger partial charge in [0.15, 0.2) is 0 Å². The van der Waals surface area contributed by atoms with E-state index in [0.717, 1.165) is 17.8 Å². The van der Waals surface area contributed by atoms with Crippen LogP contribution in [-0.4, -0.2) is 0 Å². The topological polar surface area (TPSA) is 0 Å². The fraction of sp³-hybridized carbons (Fsp3) is 1.00. The maximum Gasteiger partial charge on any atom is -0.0352 e. The Morgan fingerprint density at radius 3 is 0.875 bits per heavy atom. The Morgan fingerprint density at radius 2 is 0.719 bits per heavy atom. The molecule has 0 unspecified atom stereocenters. The third-order valence-corrected chi connectivity index (χ3v) is 5.77.